The standard InChI is InChI=1S/C17H24N2O/c1-2-18-17(12-5-3-4-6-12)14-7-9-15-13(11-14)8-10-16(20)19-15/h7,9,11-12,17-18H,2-6,8,10H2,1H3,(H,19,20). The van der Waals surface area contributed by atoms with Crippen LogP contribution in [0.25, 0.3) is 0 Å². The summed E-state index contributed by atoms with van der Waals surface area (Å²) >= 11 is 0. The van der Waals surface area contributed by atoms with Gasteiger partial charge in [0.05, 0.1) is 0 Å². The molecule has 3 heteroatoms. The first-order chi connectivity index (χ1) is 9.78. The Hall–Kier alpha value is -1.35. The molecule has 1 aromatic rings. The fraction of sp³-hybridized carbons (Fsp3) is 0.588. The van der Waals surface area contributed by atoms with Crippen LogP contribution in [-0.4, -0.2) is 12.5 Å². The maximum atomic E-state index is 11.4. The number of hydrogen-bond acceptors (Lipinski definition) is 2. The van der Waals surface area contributed by atoms with E-state index in [4.69, 9.17) is 0 Å². The number of amides is 1. The smallest absolute Gasteiger partial charge is 0.224 e. The van der Waals surface area contributed by atoms with Crippen LogP contribution < -0.4 is 10.6 Å². The molecule has 1 aliphatic carbocycles. The molecule has 3 rings (SSSR count). The summed E-state index contributed by atoms with van der Waals surface area (Å²) in [6.07, 6.45) is 6.91. The highest BCUT2D eigenvalue weighted by molar-refractivity contribution is 5.93. The molecule has 1 unspecified atom stereocenters. The van der Waals surface area contributed by atoms with Gasteiger partial charge in [-0.1, -0.05) is 31.9 Å². The van der Waals surface area contributed by atoms with E-state index in [0.29, 0.717) is 12.5 Å². The predicted octanol–water partition coefficient (Wildman–Crippen LogP) is 3.41. The molecule has 1 amide bonds. The third kappa shape index (κ3) is 2.73. The molecule has 3 nitrogen and oxygen atoms in total. The molecule has 0 bridgehead atoms. The number of nitrogens with one attached hydrogen (secondary N) is 2. The summed E-state index contributed by atoms with van der Waals surface area (Å²) in [6.45, 7) is 3.19. The Morgan fingerprint density at radius 3 is 2.85 bits per heavy atom. The van der Waals surface area contributed by atoms with Crippen LogP contribution in [0.4, 0.5) is 5.69 Å². The van der Waals surface area contributed by atoms with Gasteiger partial charge in [-0.05, 0) is 48.9 Å². The lowest BCUT2D eigenvalue weighted by Crippen LogP contribution is -2.27. The number of carbonyl (C=O) groups is 1. The van der Waals surface area contributed by atoms with E-state index in [2.05, 4.69) is 35.8 Å². The highest BCUT2D eigenvalue weighted by Crippen LogP contribution is 2.37. The predicted molar refractivity (Wildman–Crippen MR) is 81.8 cm³/mol. The van der Waals surface area contributed by atoms with Gasteiger partial charge in [0.15, 0.2) is 0 Å². The summed E-state index contributed by atoms with van der Waals surface area (Å²) in [4.78, 5) is 11.4. The number of rotatable bonds is 4. The zero-order chi connectivity index (χ0) is 13.9. The van der Waals surface area contributed by atoms with E-state index in [1.165, 1.54) is 36.8 Å². The summed E-state index contributed by atoms with van der Waals surface area (Å²) in [5, 5.41) is 6.64. The van der Waals surface area contributed by atoms with Gasteiger partial charge in [0.2, 0.25) is 5.91 Å². The van der Waals surface area contributed by atoms with Crippen molar-refractivity contribution in [3.05, 3.63) is 29.3 Å². The van der Waals surface area contributed by atoms with Gasteiger partial charge in [0.1, 0.15) is 0 Å². The average molecular weight is 272 g/mol. The number of fused-ring (bicyclic) bond motifs is 1. The Morgan fingerprint density at radius 2 is 2.10 bits per heavy atom. The largest absolute Gasteiger partial charge is 0.326 e. The summed E-state index contributed by atoms with van der Waals surface area (Å²) in [5.41, 5.74) is 3.70. The van der Waals surface area contributed by atoms with Crippen molar-refractivity contribution >= 4 is 11.6 Å². The first-order valence-corrected chi connectivity index (χ1v) is 7.94. The first kappa shape index (κ1) is 13.6. The van der Waals surface area contributed by atoms with Crippen LogP contribution in [0.15, 0.2) is 18.2 Å². The molecule has 1 atom stereocenters. The zero-order valence-corrected chi connectivity index (χ0v) is 12.2. The van der Waals surface area contributed by atoms with E-state index in [9.17, 15) is 4.79 Å². The molecule has 1 fully saturated rings. The Morgan fingerprint density at radius 1 is 1.30 bits per heavy atom. The van der Waals surface area contributed by atoms with Crippen molar-refractivity contribution in [3.63, 3.8) is 0 Å². The molecule has 2 aliphatic rings. The second kappa shape index (κ2) is 5.96. The van der Waals surface area contributed by atoms with E-state index in [1.807, 2.05) is 0 Å². The number of aryl methyl sites for hydroxylation is 1. The Labute approximate surface area is 121 Å². The molecule has 0 saturated heterocycles. The lowest BCUT2D eigenvalue weighted by Gasteiger charge is -2.26. The third-order valence-corrected chi connectivity index (χ3v) is 4.68. The quantitative estimate of drug-likeness (QED) is 0.882. The minimum absolute atomic E-state index is 0.143. The SMILES string of the molecule is CCNC(c1ccc2c(c1)CCC(=O)N2)C1CCCC1. The second-order valence-corrected chi connectivity index (χ2v) is 6.04. The molecule has 108 valence electrons. The molecule has 1 heterocycles. The minimum Gasteiger partial charge on any atom is -0.326 e. The molecular formula is C17H24N2O. The highest BCUT2D eigenvalue weighted by Gasteiger charge is 2.26. The van der Waals surface area contributed by atoms with Gasteiger partial charge in [0, 0.05) is 18.2 Å². The summed E-state index contributed by atoms with van der Waals surface area (Å²) in [5.74, 6) is 0.912. The zero-order valence-electron chi connectivity index (χ0n) is 12.2. The molecular weight excluding hydrogens is 248 g/mol. The van der Waals surface area contributed by atoms with Gasteiger partial charge in [-0.15, -0.1) is 0 Å². The maximum absolute atomic E-state index is 11.4. The van der Waals surface area contributed by atoms with Crippen LogP contribution in [0.2, 0.25) is 0 Å². The number of benzene rings is 1. The van der Waals surface area contributed by atoms with E-state index in [0.717, 1.165) is 24.6 Å². The second-order valence-electron chi connectivity index (χ2n) is 6.04. The Bertz CT molecular complexity index is 492. The van der Waals surface area contributed by atoms with E-state index >= 15 is 0 Å². The lowest BCUT2D eigenvalue weighted by atomic mass is 9.89. The Balaban J connectivity index is 1.85. The summed E-state index contributed by atoms with van der Waals surface area (Å²) < 4.78 is 0. The molecule has 1 aromatic carbocycles. The van der Waals surface area contributed by atoms with Crippen molar-refractivity contribution in [2.75, 3.05) is 11.9 Å². The van der Waals surface area contributed by atoms with Gasteiger partial charge >= 0.3 is 0 Å². The van der Waals surface area contributed by atoms with E-state index in [-0.39, 0.29) is 5.91 Å². The molecule has 0 spiro atoms. The van der Waals surface area contributed by atoms with Gasteiger partial charge in [-0.2, -0.15) is 0 Å². The topological polar surface area (TPSA) is 41.1 Å². The van der Waals surface area contributed by atoms with Crippen molar-refractivity contribution in [2.24, 2.45) is 5.92 Å². The van der Waals surface area contributed by atoms with Crippen molar-refractivity contribution < 1.29 is 4.79 Å². The van der Waals surface area contributed by atoms with Crippen LogP contribution in [0, 0.1) is 5.92 Å². The number of carbonyl (C=O) groups excluding carboxylic acids is 1. The summed E-state index contributed by atoms with van der Waals surface area (Å²) in [7, 11) is 0. The van der Waals surface area contributed by atoms with Crippen molar-refractivity contribution in [1.29, 1.82) is 0 Å². The molecule has 0 radical (unpaired) electrons. The third-order valence-electron chi connectivity index (χ3n) is 4.68. The van der Waals surface area contributed by atoms with Crippen molar-refractivity contribution in [2.45, 2.75) is 51.5 Å². The van der Waals surface area contributed by atoms with Crippen LogP contribution in [-0.2, 0) is 11.2 Å². The van der Waals surface area contributed by atoms with Crippen LogP contribution >= 0.6 is 0 Å². The van der Waals surface area contributed by atoms with Gasteiger partial charge in [0.25, 0.3) is 0 Å². The normalized spacial score (nSPS) is 20.6. The number of anilines is 1. The Kier molecular flexibility index (Phi) is 4.06. The number of hydrogen-bond donors (Lipinski definition) is 2. The minimum atomic E-state index is 0.143. The molecule has 0 aromatic heterocycles. The van der Waals surface area contributed by atoms with E-state index in [1.54, 1.807) is 0 Å². The van der Waals surface area contributed by atoms with Gasteiger partial charge in [-0.25, -0.2) is 0 Å². The average Bonchev–Trinajstić information content (AvgIpc) is 2.98. The van der Waals surface area contributed by atoms with Gasteiger partial charge < -0.3 is 10.6 Å². The van der Waals surface area contributed by atoms with Crippen LogP contribution in [0.3, 0.4) is 0 Å². The molecule has 20 heavy (non-hydrogen) atoms. The molecule has 1 saturated carbocycles. The van der Waals surface area contributed by atoms with E-state index < -0.39 is 0 Å². The van der Waals surface area contributed by atoms with Crippen molar-refractivity contribution in [1.82, 2.24) is 5.32 Å². The monoisotopic (exact) mass is 272 g/mol. The fourth-order valence-electron chi connectivity index (χ4n) is 3.66. The van der Waals surface area contributed by atoms with Crippen LogP contribution in [0.1, 0.15) is 56.2 Å². The van der Waals surface area contributed by atoms with Gasteiger partial charge in [-0.3, -0.25) is 4.79 Å². The van der Waals surface area contributed by atoms with Crippen molar-refractivity contribution in [3.8, 4) is 0 Å². The summed E-state index contributed by atoms with van der Waals surface area (Å²) in [6, 6.07) is 7.06. The molecule has 1 aliphatic heterocycles. The maximum Gasteiger partial charge on any atom is 0.224 e. The first-order valence-electron chi connectivity index (χ1n) is 7.94. The van der Waals surface area contributed by atoms with Crippen LogP contribution in [0.5, 0.6) is 0 Å². The lowest BCUT2D eigenvalue weighted by molar-refractivity contribution is -0.116. The fourth-order valence-corrected chi connectivity index (χ4v) is 3.66. The molecule has 2 N–H and O–H groups in total. The highest BCUT2D eigenvalue weighted by atomic mass is 16.1.